The van der Waals surface area contributed by atoms with Crippen molar-refractivity contribution in [3.8, 4) is 0 Å². The minimum atomic E-state index is -0.764. The Morgan fingerprint density at radius 3 is 2.88 bits per heavy atom. The molecule has 1 atom stereocenters. The van der Waals surface area contributed by atoms with E-state index in [9.17, 15) is 9.59 Å². The standard InChI is InChI=1S/C11H19NO4/c1-16-8-10(13)12-6-2-3-9(7-12)4-5-11(14)15/h9H,2-8H2,1H3,(H,14,15). The number of ether oxygens (including phenoxy) is 1. The number of aliphatic carboxylic acids is 1. The van der Waals surface area contributed by atoms with Gasteiger partial charge >= 0.3 is 5.97 Å². The van der Waals surface area contributed by atoms with Crippen LogP contribution in [-0.2, 0) is 14.3 Å². The summed E-state index contributed by atoms with van der Waals surface area (Å²) in [7, 11) is 1.50. The van der Waals surface area contributed by atoms with Gasteiger partial charge in [-0.3, -0.25) is 9.59 Å². The molecule has 92 valence electrons. The first-order chi connectivity index (χ1) is 7.63. The highest BCUT2D eigenvalue weighted by Gasteiger charge is 2.23. The van der Waals surface area contributed by atoms with Crippen LogP contribution < -0.4 is 0 Å². The highest BCUT2D eigenvalue weighted by atomic mass is 16.5. The van der Waals surface area contributed by atoms with Crippen LogP contribution in [0.3, 0.4) is 0 Å². The van der Waals surface area contributed by atoms with Gasteiger partial charge in [0.05, 0.1) is 0 Å². The minimum Gasteiger partial charge on any atom is -0.481 e. The van der Waals surface area contributed by atoms with E-state index in [1.54, 1.807) is 4.90 Å². The summed E-state index contributed by atoms with van der Waals surface area (Å²) in [6, 6.07) is 0. The lowest BCUT2D eigenvalue weighted by Gasteiger charge is -2.32. The molecule has 1 amide bonds. The summed E-state index contributed by atoms with van der Waals surface area (Å²) >= 11 is 0. The fraction of sp³-hybridized carbons (Fsp3) is 0.818. The molecule has 5 nitrogen and oxygen atoms in total. The second-order valence-electron chi connectivity index (χ2n) is 4.21. The van der Waals surface area contributed by atoms with Gasteiger partial charge in [0, 0.05) is 26.6 Å². The van der Waals surface area contributed by atoms with Crippen LogP contribution in [0.15, 0.2) is 0 Å². The Labute approximate surface area is 95.4 Å². The van der Waals surface area contributed by atoms with Crippen LogP contribution in [-0.4, -0.2) is 48.7 Å². The lowest BCUT2D eigenvalue weighted by molar-refractivity contribution is -0.137. The number of hydrogen-bond donors (Lipinski definition) is 1. The zero-order valence-corrected chi connectivity index (χ0v) is 9.65. The summed E-state index contributed by atoms with van der Waals surface area (Å²) in [5, 5.41) is 8.60. The van der Waals surface area contributed by atoms with Crippen LogP contribution >= 0.6 is 0 Å². The summed E-state index contributed by atoms with van der Waals surface area (Å²) in [4.78, 5) is 23.8. The number of methoxy groups -OCH3 is 1. The first kappa shape index (κ1) is 13.0. The summed E-state index contributed by atoms with van der Waals surface area (Å²) in [6.45, 7) is 1.56. The van der Waals surface area contributed by atoms with Gasteiger partial charge in [0.15, 0.2) is 0 Å². The Morgan fingerprint density at radius 1 is 1.50 bits per heavy atom. The van der Waals surface area contributed by atoms with Crippen molar-refractivity contribution in [1.82, 2.24) is 4.90 Å². The molecule has 0 saturated carbocycles. The van der Waals surface area contributed by atoms with Crippen molar-refractivity contribution >= 4 is 11.9 Å². The first-order valence-corrected chi connectivity index (χ1v) is 5.62. The van der Waals surface area contributed by atoms with Crippen molar-refractivity contribution in [2.24, 2.45) is 5.92 Å². The number of carbonyl (C=O) groups is 2. The lowest BCUT2D eigenvalue weighted by atomic mass is 9.93. The molecule has 0 bridgehead atoms. The minimum absolute atomic E-state index is 0.00234. The maximum Gasteiger partial charge on any atom is 0.303 e. The smallest absolute Gasteiger partial charge is 0.303 e. The Morgan fingerprint density at radius 2 is 2.25 bits per heavy atom. The highest BCUT2D eigenvalue weighted by molar-refractivity contribution is 5.77. The van der Waals surface area contributed by atoms with Crippen molar-refractivity contribution in [1.29, 1.82) is 0 Å². The number of nitrogens with zero attached hydrogens (tertiary/aromatic N) is 1. The van der Waals surface area contributed by atoms with E-state index in [0.29, 0.717) is 18.9 Å². The van der Waals surface area contributed by atoms with Crippen molar-refractivity contribution in [2.45, 2.75) is 25.7 Å². The Hall–Kier alpha value is -1.10. The molecule has 5 heteroatoms. The van der Waals surface area contributed by atoms with Gasteiger partial charge in [-0.2, -0.15) is 0 Å². The molecule has 1 N–H and O–H groups in total. The summed E-state index contributed by atoms with van der Waals surface area (Å²) < 4.78 is 4.80. The van der Waals surface area contributed by atoms with Crippen molar-refractivity contribution in [3.63, 3.8) is 0 Å². The van der Waals surface area contributed by atoms with Gasteiger partial charge in [0.25, 0.3) is 0 Å². The fourth-order valence-electron chi connectivity index (χ4n) is 2.07. The zero-order valence-electron chi connectivity index (χ0n) is 9.65. The highest BCUT2D eigenvalue weighted by Crippen LogP contribution is 2.20. The number of hydrogen-bond acceptors (Lipinski definition) is 3. The molecule has 0 spiro atoms. The SMILES string of the molecule is COCC(=O)N1CCCC(CCC(=O)O)C1. The monoisotopic (exact) mass is 229 g/mol. The Bertz CT molecular complexity index is 254. The maximum atomic E-state index is 11.6. The van der Waals surface area contributed by atoms with Gasteiger partial charge in [-0.05, 0) is 25.2 Å². The second kappa shape index (κ2) is 6.48. The second-order valence-corrected chi connectivity index (χ2v) is 4.21. The Kier molecular flexibility index (Phi) is 5.25. The van der Waals surface area contributed by atoms with Crippen molar-refractivity contribution in [2.75, 3.05) is 26.8 Å². The zero-order chi connectivity index (χ0) is 12.0. The topological polar surface area (TPSA) is 66.8 Å². The van der Waals surface area contributed by atoms with Gasteiger partial charge in [-0.15, -0.1) is 0 Å². The molecular formula is C11H19NO4. The summed E-state index contributed by atoms with van der Waals surface area (Å²) in [5.41, 5.74) is 0. The van der Waals surface area contributed by atoms with Gasteiger partial charge < -0.3 is 14.7 Å². The molecule has 0 aromatic carbocycles. The number of likely N-dealkylation sites (tertiary alicyclic amines) is 1. The van der Waals surface area contributed by atoms with Gasteiger partial charge in [-0.1, -0.05) is 0 Å². The van der Waals surface area contributed by atoms with Gasteiger partial charge in [0.1, 0.15) is 6.61 Å². The first-order valence-electron chi connectivity index (χ1n) is 5.62. The van der Waals surface area contributed by atoms with Crippen LogP contribution in [0.5, 0.6) is 0 Å². The molecule has 1 saturated heterocycles. The van der Waals surface area contributed by atoms with E-state index in [2.05, 4.69) is 0 Å². The fourth-order valence-corrected chi connectivity index (χ4v) is 2.07. The molecule has 0 aromatic rings. The largest absolute Gasteiger partial charge is 0.481 e. The molecule has 0 aliphatic carbocycles. The normalized spacial score (nSPS) is 20.8. The van der Waals surface area contributed by atoms with Crippen LogP contribution in [0.2, 0.25) is 0 Å². The third-order valence-corrected chi connectivity index (χ3v) is 2.91. The molecule has 1 aliphatic heterocycles. The average Bonchev–Trinajstić information content (AvgIpc) is 2.27. The molecule has 1 unspecified atom stereocenters. The average molecular weight is 229 g/mol. The number of rotatable bonds is 5. The number of carboxylic acid groups (broad SMARTS) is 1. The lowest BCUT2D eigenvalue weighted by Crippen LogP contribution is -2.41. The van der Waals surface area contributed by atoms with Gasteiger partial charge in [-0.25, -0.2) is 0 Å². The maximum absolute atomic E-state index is 11.6. The van der Waals surface area contributed by atoms with E-state index in [0.717, 1.165) is 19.4 Å². The van der Waals surface area contributed by atoms with Crippen molar-refractivity contribution in [3.05, 3.63) is 0 Å². The van der Waals surface area contributed by atoms with Gasteiger partial charge in [0.2, 0.25) is 5.91 Å². The van der Waals surface area contributed by atoms with Crippen molar-refractivity contribution < 1.29 is 19.4 Å². The molecule has 1 fully saturated rings. The molecule has 0 radical (unpaired) electrons. The summed E-state index contributed by atoms with van der Waals surface area (Å²) in [5.74, 6) is -0.437. The van der Waals surface area contributed by atoms with E-state index in [1.807, 2.05) is 0 Å². The van der Waals surface area contributed by atoms with E-state index in [-0.39, 0.29) is 18.9 Å². The van der Waals surface area contributed by atoms with E-state index in [4.69, 9.17) is 9.84 Å². The van der Waals surface area contributed by atoms with Crippen LogP contribution in [0.1, 0.15) is 25.7 Å². The third kappa shape index (κ3) is 4.18. The predicted octanol–water partition coefficient (Wildman–Crippen LogP) is 0.736. The molecule has 1 heterocycles. The van der Waals surface area contributed by atoms with Crippen LogP contribution in [0, 0.1) is 5.92 Å². The molecule has 1 aliphatic rings. The summed E-state index contributed by atoms with van der Waals surface area (Å²) in [6.07, 6.45) is 2.83. The van der Waals surface area contributed by atoms with Crippen LogP contribution in [0.4, 0.5) is 0 Å². The molecular weight excluding hydrogens is 210 g/mol. The van der Waals surface area contributed by atoms with E-state index >= 15 is 0 Å². The number of carbonyl (C=O) groups excluding carboxylic acids is 1. The predicted molar refractivity (Wildman–Crippen MR) is 58.0 cm³/mol. The number of carboxylic acids is 1. The van der Waals surface area contributed by atoms with E-state index in [1.165, 1.54) is 7.11 Å². The Balaban J connectivity index is 2.34. The number of piperidine rings is 1. The quantitative estimate of drug-likeness (QED) is 0.755. The molecule has 1 rings (SSSR count). The van der Waals surface area contributed by atoms with E-state index < -0.39 is 5.97 Å². The molecule has 0 aromatic heterocycles. The van der Waals surface area contributed by atoms with Crippen LogP contribution in [0.25, 0.3) is 0 Å². The number of amides is 1. The molecule has 16 heavy (non-hydrogen) atoms. The third-order valence-electron chi connectivity index (χ3n) is 2.91.